The molecule has 1 aliphatic heterocycles. The number of hydrogen-bond donors (Lipinski definition) is 4. The van der Waals surface area contributed by atoms with Gasteiger partial charge in [-0.05, 0) is 36.5 Å². The molecular weight excluding hydrogens is 496 g/mol. The lowest BCUT2D eigenvalue weighted by atomic mass is 9.96. The second kappa shape index (κ2) is 9.43. The van der Waals surface area contributed by atoms with Gasteiger partial charge in [0.2, 0.25) is 0 Å². The Morgan fingerprint density at radius 2 is 2.11 bits per heavy atom. The van der Waals surface area contributed by atoms with E-state index >= 15 is 0 Å². The zero-order valence-corrected chi connectivity index (χ0v) is 22.5. The van der Waals surface area contributed by atoms with Crippen molar-refractivity contribution in [3.63, 3.8) is 0 Å². The first-order valence-electron chi connectivity index (χ1n) is 12.8. The topological polar surface area (TPSA) is 81.6 Å². The summed E-state index contributed by atoms with van der Waals surface area (Å²) in [6.07, 6.45) is 17.8. The van der Waals surface area contributed by atoms with Crippen LogP contribution in [-0.2, 0) is 0 Å². The molecule has 1 fully saturated rings. The van der Waals surface area contributed by atoms with Gasteiger partial charge in [0.15, 0.2) is 0 Å². The van der Waals surface area contributed by atoms with E-state index in [1.54, 1.807) is 6.20 Å². The molecule has 3 aromatic heterocycles. The van der Waals surface area contributed by atoms with Gasteiger partial charge in [0.1, 0.15) is 0 Å². The Morgan fingerprint density at radius 1 is 1.26 bits per heavy atom. The molecule has 9 heteroatoms. The Bertz CT molecular complexity index is 1590. The minimum atomic E-state index is -0.199. The molecule has 1 atom stereocenters. The smallest absolute Gasteiger partial charge is 0.0992 e. The molecular formula is C29H31ClN8. The maximum atomic E-state index is 6.81. The number of benzene rings is 1. The Morgan fingerprint density at radius 3 is 2.87 bits per heavy atom. The van der Waals surface area contributed by atoms with Gasteiger partial charge in [0.05, 0.1) is 51.6 Å². The van der Waals surface area contributed by atoms with E-state index in [1.807, 2.05) is 35.3 Å². The number of halogens is 1. The van der Waals surface area contributed by atoms with Gasteiger partial charge in [0, 0.05) is 47.8 Å². The minimum absolute atomic E-state index is 0.0667. The van der Waals surface area contributed by atoms with Crippen molar-refractivity contribution in [2.45, 2.75) is 45.7 Å². The third-order valence-corrected chi connectivity index (χ3v) is 7.13. The normalized spacial score (nSPS) is 16.3. The fraction of sp³-hybridized carbons (Fsp3) is 0.310. The van der Waals surface area contributed by atoms with Crippen LogP contribution in [0.2, 0.25) is 5.02 Å². The molecule has 0 amide bonds. The molecule has 8 nitrogen and oxygen atoms in total. The highest BCUT2D eigenvalue weighted by atomic mass is 35.5. The number of aromatic nitrogens is 3. The van der Waals surface area contributed by atoms with Crippen molar-refractivity contribution < 1.29 is 0 Å². The van der Waals surface area contributed by atoms with E-state index in [0.29, 0.717) is 22.1 Å². The summed E-state index contributed by atoms with van der Waals surface area (Å²) < 4.78 is 2.02. The maximum Gasteiger partial charge on any atom is 0.0992 e. The summed E-state index contributed by atoms with van der Waals surface area (Å²) in [7, 11) is 0. The molecule has 1 aromatic carbocycles. The SMILES string of the molecule is C#Cc1cnc2c(Cl)cc(N[C@H](C3=CN(C4CC4)NN3)c3cccn4cncc34)cc2c1NCC(C)(C)C. The van der Waals surface area contributed by atoms with E-state index in [-0.39, 0.29) is 11.5 Å². The molecule has 4 aromatic rings. The Balaban J connectivity index is 1.44. The lowest BCUT2D eigenvalue weighted by molar-refractivity contribution is 0.260. The third kappa shape index (κ3) is 4.71. The number of nitrogens with one attached hydrogen (secondary N) is 4. The lowest BCUT2D eigenvalue weighted by Crippen LogP contribution is -2.38. The molecule has 194 valence electrons. The van der Waals surface area contributed by atoms with E-state index in [2.05, 4.69) is 81.6 Å². The third-order valence-electron chi connectivity index (χ3n) is 6.84. The number of nitrogens with zero attached hydrogens (tertiary/aromatic N) is 4. The zero-order chi connectivity index (χ0) is 26.4. The molecule has 0 radical (unpaired) electrons. The highest BCUT2D eigenvalue weighted by Gasteiger charge is 2.33. The zero-order valence-electron chi connectivity index (χ0n) is 21.7. The molecule has 0 spiro atoms. The van der Waals surface area contributed by atoms with Gasteiger partial charge >= 0.3 is 0 Å². The Kier molecular flexibility index (Phi) is 6.05. The molecule has 0 saturated heterocycles. The van der Waals surface area contributed by atoms with Crippen LogP contribution in [0.25, 0.3) is 16.4 Å². The first-order chi connectivity index (χ1) is 18.3. The van der Waals surface area contributed by atoms with Crippen molar-refractivity contribution in [1.29, 1.82) is 0 Å². The predicted molar refractivity (Wildman–Crippen MR) is 153 cm³/mol. The van der Waals surface area contributed by atoms with Gasteiger partial charge in [0.25, 0.3) is 0 Å². The molecule has 4 heterocycles. The quantitative estimate of drug-likeness (QED) is 0.238. The van der Waals surface area contributed by atoms with Crippen LogP contribution in [0.15, 0.2) is 61.1 Å². The molecule has 1 saturated carbocycles. The number of imidazole rings is 1. The van der Waals surface area contributed by atoms with Crippen LogP contribution in [-0.4, -0.2) is 32.0 Å². The maximum absolute atomic E-state index is 6.81. The van der Waals surface area contributed by atoms with Crippen molar-refractivity contribution in [1.82, 2.24) is 30.3 Å². The predicted octanol–water partition coefficient (Wildman–Crippen LogP) is 5.46. The number of anilines is 2. The molecule has 0 unspecified atom stereocenters. The van der Waals surface area contributed by atoms with Gasteiger partial charge < -0.3 is 20.5 Å². The summed E-state index contributed by atoms with van der Waals surface area (Å²) in [5.74, 6) is 2.78. The van der Waals surface area contributed by atoms with Gasteiger partial charge in [-0.1, -0.05) is 44.4 Å². The van der Waals surface area contributed by atoms with Crippen LogP contribution in [0.4, 0.5) is 11.4 Å². The van der Waals surface area contributed by atoms with Crippen LogP contribution in [0.5, 0.6) is 0 Å². The Hall–Kier alpha value is -3.93. The van der Waals surface area contributed by atoms with E-state index in [0.717, 1.165) is 40.1 Å². The molecule has 6 rings (SSSR count). The van der Waals surface area contributed by atoms with Crippen molar-refractivity contribution in [3.8, 4) is 12.3 Å². The van der Waals surface area contributed by atoms with Gasteiger partial charge in [-0.3, -0.25) is 9.99 Å². The second-order valence-corrected chi connectivity index (χ2v) is 11.6. The summed E-state index contributed by atoms with van der Waals surface area (Å²) in [5.41, 5.74) is 13.0. The Labute approximate surface area is 227 Å². The van der Waals surface area contributed by atoms with Crippen LogP contribution in [0.1, 0.15) is 50.8 Å². The van der Waals surface area contributed by atoms with E-state index < -0.39 is 0 Å². The number of hydrazine groups is 2. The summed E-state index contributed by atoms with van der Waals surface area (Å²) in [5, 5.41) is 10.9. The lowest BCUT2D eigenvalue weighted by Gasteiger charge is -2.24. The van der Waals surface area contributed by atoms with Crippen molar-refractivity contribution in [3.05, 3.63) is 77.2 Å². The van der Waals surface area contributed by atoms with Crippen molar-refractivity contribution in [2.75, 3.05) is 17.2 Å². The largest absolute Gasteiger partial charge is 0.383 e. The second-order valence-electron chi connectivity index (χ2n) is 11.1. The van der Waals surface area contributed by atoms with Gasteiger partial charge in [-0.15, -0.1) is 12.0 Å². The fourth-order valence-corrected chi connectivity index (χ4v) is 5.01. The van der Waals surface area contributed by atoms with Gasteiger partial charge in [-0.2, -0.15) is 0 Å². The average Bonchev–Trinajstić information content (AvgIpc) is 3.41. The molecule has 2 aliphatic rings. The molecule has 0 bridgehead atoms. The summed E-state index contributed by atoms with van der Waals surface area (Å²) in [6, 6.07) is 8.47. The monoisotopic (exact) mass is 526 g/mol. The van der Waals surface area contributed by atoms with Crippen molar-refractivity contribution in [2.24, 2.45) is 5.41 Å². The van der Waals surface area contributed by atoms with Crippen molar-refractivity contribution >= 4 is 39.4 Å². The van der Waals surface area contributed by atoms with Crippen LogP contribution >= 0.6 is 11.6 Å². The summed E-state index contributed by atoms with van der Waals surface area (Å²) >= 11 is 6.81. The average molecular weight is 527 g/mol. The van der Waals surface area contributed by atoms with Crippen LogP contribution in [0.3, 0.4) is 0 Å². The van der Waals surface area contributed by atoms with Crippen LogP contribution < -0.4 is 21.6 Å². The first-order valence-corrected chi connectivity index (χ1v) is 13.2. The summed E-state index contributed by atoms with van der Waals surface area (Å²) in [4.78, 5) is 8.96. The minimum Gasteiger partial charge on any atom is -0.383 e. The molecule has 4 N–H and O–H groups in total. The summed E-state index contributed by atoms with van der Waals surface area (Å²) in [6.45, 7) is 7.30. The van der Waals surface area contributed by atoms with E-state index in [1.165, 1.54) is 12.8 Å². The first kappa shape index (κ1) is 24.4. The van der Waals surface area contributed by atoms with Gasteiger partial charge in [-0.25, -0.2) is 4.98 Å². The standard InChI is InChI=1S/C29H31ClN8/c1-5-18-13-32-27-22(26(18)33-16-29(2,3)4)11-19(12-23(27)30)34-28(24-15-38(36-35-24)20-8-9-20)21-7-6-10-37-17-31-14-25(21)37/h1,6-7,10-15,17,20,28,34-36H,8-9,16H2,2-4H3,(H,32,33)/t28-/m0/s1. The number of terminal acetylenes is 1. The van der Waals surface area contributed by atoms with E-state index in [4.69, 9.17) is 18.0 Å². The number of fused-ring (bicyclic) bond motifs is 2. The number of rotatable bonds is 7. The highest BCUT2D eigenvalue weighted by Crippen LogP contribution is 2.37. The number of hydrogen-bond acceptors (Lipinski definition) is 7. The van der Waals surface area contributed by atoms with Crippen LogP contribution in [0, 0.1) is 17.8 Å². The number of pyridine rings is 2. The molecule has 1 aliphatic carbocycles. The highest BCUT2D eigenvalue weighted by molar-refractivity contribution is 6.35. The van der Waals surface area contributed by atoms with E-state index in [9.17, 15) is 0 Å². The molecule has 38 heavy (non-hydrogen) atoms. The fourth-order valence-electron chi connectivity index (χ4n) is 4.74.